The van der Waals surface area contributed by atoms with Gasteiger partial charge in [0.25, 0.3) is 0 Å². The van der Waals surface area contributed by atoms with Crippen molar-refractivity contribution in [3.05, 3.63) is 11.8 Å². The zero-order valence-corrected chi connectivity index (χ0v) is 13.2. The lowest BCUT2D eigenvalue weighted by atomic mass is 10.3. The number of thioether (sulfide) groups is 2. The standard InChI is InChI=1S/C12H19NO4S2/c1-5-16-10(14)8-7-9(11(15)17-6-2)13-12(18-3)19-4/h7H,5-6,8H2,1-4H3/b9-7-. The second-order valence-corrected chi connectivity index (χ2v) is 4.95. The van der Waals surface area contributed by atoms with Crippen molar-refractivity contribution >= 4 is 39.8 Å². The molecule has 0 aliphatic carbocycles. The van der Waals surface area contributed by atoms with E-state index in [9.17, 15) is 9.59 Å². The molecule has 0 aromatic carbocycles. The minimum absolute atomic E-state index is 0.00152. The SMILES string of the molecule is CCOC(=O)C/C=C(\N=C(SC)SC)C(=O)OCC. The average Bonchev–Trinajstić information content (AvgIpc) is 2.39. The zero-order chi connectivity index (χ0) is 14.7. The molecule has 108 valence electrons. The molecule has 0 aliphatic rings. The van der Waals surface area contributed by atoms with E-state index in [4.69, 9.17) is 9.47 Å². The Morgan fingerprint density at radius 2 is 1.68 bits per heavy atom. The molecule has 0 spiro atoms. The third kappa shape index (κ3) is 7.94. The molecular formula is C12H19NO4S2. The first-order valence-corrected chi connectivity index (χ1v) is 8.23. The van der Waals surface area contributed by atoms with E-state index >= 15 is 0 Å². The van der Waals surface area contributed by atoms with Crippen LogP contribution in [0.3, 0.4) is 0 Å². The maximum atomic E-state index is 11.7. The molecule has 19 heavy (non-hydrogen) atoms. The van der Waals surface area contributed by atoms with Gasteiger partial charge in [0, 0.05) is 0 Å². The zero-order valence-electron chi connectivity index (χ0n) is 11.6. The summed E-state index contributed by atoms with van der Waals surface area (Å²) in [5, 5.41) is 0. The van der Waals surface area contributed by atoms with Crippen LogP contribution < -0.4 is 0 Å². The Kier molecular flexibility index (Phi) is 10.4. The van der Waals surface area contributed by atoms with Crippen molar-refractivity contribution in [2.75, 3.05) is 25.7 Å². The van der Waals surface area contributed by atoms with E-state index in [1.165, 1.54) is 29.6 Å². The van der Waals surface area contributed by atoms with Gasteiger partial charge in [-0.05, 0) is 32.4 Å². The number of carbonyl (C=O) groups is 2. The van der Waals surface area contributed by atoms with Crippen LogP contribution in [0, 0.1) is 0 Å². The molecule has 0 rings (SSSR count). The molecule has 0 heterocycles. The number of ether oxygens (including phenoxy) is 2. The van der Waals surface area contributed by atoms with E-state index in [-0.39, 0.29) is 18.7 Å². The van der Waals surface area contributed by atoms with Crippen LogP contribution in [0.2, 0.25) is 0 Å². The minimum Gasteiger partial charge on any atom is -0.466 e. The summed E-state index contributed by atoms with van der Waals surface area (Å²) < 4.78 is 10.4. The van der Waals surface area contributed by atoms with Gasteiger partial charge in [0.2, 0.25) is 0 Å². The molecule has 7 heteroatoms. The summed E-state index contributed by atoms with van der Waals surface area (Å²) in [5.74, 6) is -0.929. The molecule has 5 nitrogen and oxygen atoms in total. The third-order valence-corrected chi connectivity index (χ3v) is 3.69. The monoisotopic (exact) mass is 305 g/mol. The van der Waals surface area contributed by atoms with Gasteiger partial charge in [0.05, 0.1) is 19.6 Å². The lowest BCUT2D eigenvalue weighted by Crippen LogP contribution is -2.09. The molecule has 0 fully saturated rings. The van der Waals surface area contributed by atoms with Gasteiger partial charge >= 0.3 is 11.9 Å². The highest BCUT2D eigenvalue weighted by atomic mass is 32.2. The third-order valence-electron chi connectivity index (χ3n) is 1.81. The predicted octanol–water partition coefficient (Wildman–Crippen LogP) is 2.47. The molecule has 0 aromatic heterocycles. The van der Waals surface area contributed by atoms with Crippen LogP contribution in [-0.4, -0.2) is 42.0 Å². The van der Waals surface area contributed by atoms with E-state index in [0.717, 1.165) is 4.38 Å². The van der Waals surface area contributed by atoms with E-state index in [1.807, 2.05) is 12.5 Å². The first kappa shape index (κ1) is 18.0. The lowest BCUT2D eigenvalue weighted by Gasteiger charge is -2.04. The fourth-order valence-electron chi connectivity index (χ4n) is 1.05. The molecule has 0 aliphatic heterocycles. The Balaban J connectivity index is 4.95. The Hall–Kier alpha value is -0.950. The molecule has 0 atom stereocenters. The summed E-state index contributed by atoms with van der Waals surface area (Å²) in [7, 11) is 0. The second-order valence-electron chi connectivity index (χ2n) is 3.10. The van der Waals surface area contributed by atoms with E-state index in [2.05, 4.69) is 4.99 Å². The summed E-state index contributed by atoms with van der Waals surface area (Å²) in [4.78, 5) is 27.2. The number of carbonyl (C=O) groups excluding carboxylic acids is 2. The fourth-order valence-corrected chi connectivity index (χ4v) is 2.10. The summed E-state index contributed by atoms with van der Waals surface area (Å²) in [5.41, 5.74) is 0.133. The fraction of sp³-hybridized carbons (Fsp3) is 0.583. The van der Waals surface area contributed by atoms with E-state index in [0.29, 0.717) is 6.61 Å². The topological polar surface area (TPSA) is 65.0 Å². The van der Waals surface area contributed by atoms with Gasteiger partial charge in [0.15, 0.2) is 0 Å². The van der Waals surface area contributed by atoms with Gasteiger partial charge in [-0.2, -0.15) is 0 Å². The van der Waals surface area contributed by atoms with Crippen molar-refractivity contribution in [3.8, 4) is 0 Å². The predicted molar refractivity (Wildman–Crippen MR) is 80.4 cm³/mol. The molecule has 0 saturated heterocycles. The quantitative estimate of drug-likeness (QED) is 0.325. The normalized spacial score (nSPS) is 10.8. The van der Waals surface area contributed by atoms with Gasteiger partial charge in [0.1, 0.15) is 10.1 Å². The van der Waals surface area contributed by atoms with Gasteiger partial charge < -0.3 is 9.47 Å². The number of rotatable bonds is 6. The molecule has 0 aromatic rings. The van der Waals surface area contributed by atoms with Crippen LogP contribution in [0.25, 0.3) is 0 Å². The van der Waals surface area contributed by atoms with Crippen LogP contribution in [0.5, 0.6) is 0 Å². The van der Waals surface area contributed by atoms with E-state index < -0.39 is 11.9 Å². The van der Waals surface area contributed by atoms with Gasteiger partial charge in [-0.1, -0.05) is 0 Å². The first-order valence-electron chi connectivity index (χ1n) is 5.78. The Morgan fingerprint density at radius 1 is 1.11 bits per heavy atom. The molecule has 0 bridgehead atoms. The molecule has 0 amide bonds. The summed E-state index contributed by atoms with van der Waals surface area (Å²) in [6, 6.07) is 0. The number of esters is 2. The van der Waals surface area contributed by atoms with Crippen molar-refractivity contribution in [1.29, 1.82) is 0 Å². The first-order chi connectivity index (χ1) is 9.08. The van der Waals surface area contributed by atoms with Crippen LogP contribution in [0.4, 0.5) is 0 Å². The Bertz CT molecular complexity index is 361. The number of hydrogen-bond acceptors (Lipinski definition) is 7. The molecule has 0 unspecified atom stereocenters. The Morgan fingerprint density at radius 3 is 2.16 bits per heavy atom. The lowest BCUT2D eigenvalue weighted by molar-refractivity contribution is -0.142. The van der Waals surface area contributed by atoms with Gasteiger partial charge in [-0.25, -0.2) is 9.79 Å². The highest BCUT2D eigenvalue weighted by molar-refractivity contribution is 8.38. The van der Waals surface area contributed by atoms with Crippen molar-refractivity contribution in [2.24, 2.45) is 4.99 Å². The smallest absolute Gasteiger partial charge is 0.356 e. The highest BCUT2D eigenvalue weighted by Gasteiger charge is 2.12. The minimum atomic E-state index is -0.535. The number of nitrogens with zero attached hydrogens (tertiary/aromatic N) is 1. The van der Waals surface area contributed by atoms with Crippen molar-refractivity contribution in [2.45, 2.75) is 20.3 Å². The van der Waals surface area contributed by atoms with Crippen LogP contribution in [0.1, 0.15) is 20.3 Å². The molecule has 0 N–H and O–H groups in total. The van der Waals surface area contributed by atoms with Gasteiger partial charge in [-0.15, -0.1) is 23.5 Å². The number of aliphatic imine (C=N–C) groups is 1. The second kappa shape index (κ2) is 10.9. The summed E-state index contributed by atoms with van der Waals surface area (Å²) >= 11 is 2.85. The molecule has 0 radical (unpaired) electrons. The average molecular weight is 305 g/mol. The molecular weight excluding hydrogens is 286 g/mol. The largest absolute Gasteiger partial charge is 0.466 e. The highest BCUT2D eigenvalue weighted by Crippen LogP contribution is 2.15. The van der Waals surface area contributed by atoms with Crippen LogP contribution >= 0.6 is 23.5 Å². The van der Waals surface area contributed by atoms with Gasteiger partial charge in [-0.3, -0.25) is 4.79 Å². The number of hydrogen-bond donors (Lipinski definition) is 0. The maximum absolute atomic E-state index is 11.7. The van der Waals surface area contributed by atoms with E-state index in [1.54, 1.807) is 13.8 Å². The van der Waals surface area contributed by atoms with Crippen LogP contribution in [0.15, 0.2) is 16.8 Å². The van der Waals surface area contributed by atoms with Crippen molar-refractivity contribution in [3.63, 3.8) is 0 Å². The molecule has 0 saturated carbocycles. The van der Waals surface area contributed by atoms with Crippen molar-refractivity contribution in [1.82, 2.24) is 0 Å². The summed E-state index contributed by atoms with van der Waals surface area (Å²) in [6.45, 7) is 4.02. The maximum Gasteiger partial charge on any atom is 0.356 e. The van der Waals surface area contributed by atoms with Crippen molar-refractivity contribution < 1.29 is 19.1 Å². The summed E-state index contributed by atoms with van der Waals surface area (Å²) in [6.07, 6.45) is 5.16. The van der Waals surface area contributed by atoms with Crippen LogP contribution in [-0.2, 0) is 19.1 Å². The Labute approximate surface area is 122 Å².